The summed E-state index contributed by atoms with van der Waals surface area (Å²) in [5.41, 5.74) is 3.37. The summed E-state index contributed by atoms with van der Waals surface area (Å²) in [6.07, 6.45) is 0. The average Bonchev–Trinajstić information content (AvgIpc) is 2.69. The molecular weight excluding hydrogens is 404 g/mol. The Kier molecular flexibility index (Phi) is 4.82. The van der Waals surface area contributed by atoms with Gasteiger partial charge in [0, 0.05) is 21.5 Å². The maximum atomic E-state index is 13.0. The second-order valence-corrected chi connectivity index (χ2v) is 7.02. The van der Waals surface area contributed by atoms with Gasteiger partial charge in [-0.3, -0.25) is 0 Å². The Morgan fingerprint density at radius 2 is 1.59 bits per heavy atom. The lowest BCUT2D eigenvalue weighted by atomic mass is 9.93. The normalized spacial score (nSPS) is 10.9. The minimum Gasteiger partial charge on any atom is -0.494 e. The van der Waals surface area contributed by atoms with E-state index in [1.807, 2.05) is 73.7 Å². The number of rotatable bonds is 4. The molecule has 0 aliphatic rings. The first-order chi connectivity index (χ1) is 13.2. The highest BCUT2D eigenvalue weighted by molar-refractivity contribution is 9.10. The van der Waals surface area contributed by atoms with Crippen LogP contribution in [-0.4, -0.2) is 6.61 Å². The molecule has 3 nitrogen and oxygen atoms in total. The molecule has 0 radical (unpaired) electrons. The molecule has 1 aromatic heterocycles. The summed E-state index contributed by atoms with van der Waals surface area (Å²) in [6.45, 7) is 2.48. The number of benzene rings is 3. The van der Waals surface area contributed by atoms with Gasteiger partial charge in [-0.2, -0.15) is 0 Å². The molecule has 4 heteroatoms. The van der Waals surface area contributed by atoms with Crippen LogP contribution in [0.3, 0.4) is 0 Å². The van der Waals surface area contributed by atoms with Crippen LogP contribution in [0.15, 0.2) is 86.5 Å². The highest BCUT2D eigenvalue weighted by atomic mass is 79.9. The summed E-state index contributed by atoms with van der Waals surface area (Å²) in [5.74, 6) is 0.684. The topological polar surface area (TPSA) is 39.4 Å². The zero-order valence-corrected chi connectivity index (χ0v) is 16.3. The van der Waals surface area contributed by atoms with Gasteiger partial charge < -0.3 is 9.15 Å². The van der Waals surface area contributed by atoms with E-state index < -0.39 is 0 Å². The standard InChI is InChI=1S/C23H17BrO3/c1-2-26-18-12-13-19-20(14-18)27-23(25)22(16-8-10-17(24)11-9-16)21(19)15-6-4-3-5-7-15/h3-14H,2H2,1H3. The van der Waals surface area contributed by atoms with Gasteiger partial charge in [-0.15, -0.1) is 0 Å². The lowest BCUT2D eigenvalue weighted by molar-refractivity contribution is 0.340. The van der Waals surface area contributed by atoms with Crippen LogP contribution in [0.25, 0.3) is 33.2 Å². The molecule has 4 aromatic rings. The van der Waals surface area contributed by atoms with Crippen LogP contribution in [0.2, 0.25) is 0 Å². The van der Waals surface area contributed by atoms with Crippen molar-refractivity contribution >= 4 is 26.9 Å². The molecule has 0 saturated heterocycles. The lowest BCUT2D eigenvalue weighted by Crippen LogP contribution is -2.06. The van der Waals surface area contributed by atoms with E-state index in [-0.39, 0.29) is 5.63 Å². The van der Waals surface area contributed by atoms with E-state index in [0.717, 1.165) is 26.5 Å². The van der Waals surface area contributed by atoms with Crippen molar-refractivity contribution in [2.24, 2.45) is 0 Å². The van der Waals surface area contributed by atoms with Gasteiger partial charge in [0.15, 0.2) is 0 Å². The van der Waals surface area contributed by atoms with Crippen molar-refractivity contribution in [2.75, 3.05) is 6.61 Å². The third kappa shape index (κ3) is 3.40. The predicted molar refractivity (Wildman–Crippen MR) is 112 cm³/mol. The summed E-state index contributed by atoms with van der Waals surface area (Å²) in [7, 11) is 0. The molecule has 0 fully saturated rings. The molecule has 0 aliphatic heterocycles. The van der Waals surface area contributed by atoms with Gasteiger partial charge in [-0.05, 0) is 42.3 Å². The van der Waals surface area contributed by atoms with Crippen LogP contribution >= 0.6 is 15.9 Å². The van der Waals surface area contributed by atoms with Gasteiger partial charge in [-0.25, -0.2) is 4.79 Å². The number of halogens is 1. The van der Waals surface area contributed by atoms with Crippen molar-refractivity contribution in [1.29, 1.82) is 0 Å². The van der Waals surface area contributed by atoms with E-state index in [1.165, 1.54) is 0 Å². The van der Waals surface area contributed by atoms with Crippen LogP contribution < -0.4 is 10.4 Å². The highest BCUT2D eigenvalue weighted by Crippen LogP contribution is 2.37. The summed E-state index contributed by atoms with van der Waals surface area (Å²) >= 11 is 3.45. The SMILES string of the molecule is CCOc1ccc2c(-c3ccccc3)c(-c3ccc(Br)cc3)c(=O)oc2c1. The van der Waals surface area contributed by atoms with Gasteiger partial charge in [0.25, 0.3) is 0 Å². The summed E-state index contributed by atoms with van der Waals surface area (Å²) in [4.78, 5) is 13.0. The van der Waals surface area contributed by atoms with Gasteiger partial charge in [0.05, 0.1) is 12.2 Å². The maximum Gasteiger partial charge on any atom is 0.344 e. The van der Waals surface area contributed by atoms with Crippen molar-refractivity contribution in [3.05, 3.63) is 87.7 Å². The smallest absolute Gasteiger partial charge is 0.344 e. The highest BCUT2D eigenvalue weighted by Gasteiger charge is 2.18. The predicted octanol–water partition coefficient (Wildman–Crippen LogP) is 6.29. The van der Waals surface area contributed by atoms with E-state index in [0.29, 0.717) is 23.5 Å². The Morgan fingerprint density at radius 3 is 2.30 bits per heavy atom. The van der Waals surface area contributed by atoms with Gasteiger partial charge in [0.1, 0.15) is 11.3 Å². The van der Waals surface area contributed by atoms with Crippen LogP contribution in [0, 0.1) is 0 Å². The molecule has 3 aromatic carbocycles. The van der Waals surface area contributed by atoms with Crippen molar-refractivity contribution in [1.82, 2.24) is 0 Å². The number of hydrogen-bond acceptors (Lipinski definition) is 3. The molecule has 0 aliphatic carbocycles. The quantitative estimate of drug-likeness (QED) is 0.364. The van der Waals surface area contributed by atoms with E-state index in [2.05, 4.69) is 15.9 Å². The largest absolute Gasteiger partial charge is 0.494 e. The van der Waals surface area contributed by atoms with Crippen LogP contribution in [0.5, 0.6) is 5.75 Å². The second kappa shape index (κ2) is 7.41. The number of hydrogen-bond donors (Lipinski definition) is 0. The fraction of sp³-hybridized carbons (Fsp3) is 0.0870. The molecule has 0 N–H and O–H groups in total. The fourth-order valence-electron chi connectivity index (χ4n) is 3.22. The number of ether oxygens (including phenoxy) is 1. The first-order valence-corrected chi connectivity index (χ1v) is 9.51. The Balaban J connectivity index is 2.07. The molecule has 0 atom stereocenters. The minimum atomic E-state index is -0.364. The van der Waals surface area contributed by atoms with E-state index in [9.17, 15) is 4.79 Å². The number of fused-ring (bicyclic) bond motifs is 1. The van der Waals surface area contributed by atoms with Gasteiger partial charge in [-0.1, -0.05) is 58.4 Å². The Bertz CT molecular complexity index is 1150. The molecule has 0 spiro atoms. The molecule has 134 valence electrons. The second-order valence-electron chi connectivity index (χ2n) is 6.10. The Hall–Kier alpha value is -2.85. The first kappa shape index (κ1) is 17.6. The zero-order chi connectivity index (χ0) is 18.8. The first-order valence-electron chi connectivity index (χ1n) is 8.72. The van der Waals surface area contributed by atoms with E-state index in [4.69, 9.17) is 9.15 Å². The Morgan fingerprint density at radius 1 is 0.889 bits per heavy atom. The Labute approximate surface area is 165 Å². The van der Waals surface area contributed by atoms with Crippen molar-refractivity contribution in [2.45, 2.75) is 6.92 Å². The summed E-state index contributed by atoms with van der Waals surface area (Å²) in [5, 5.41) is 0.877. The molecule has 0 unspecified atom stereocenters. The third-order valence-corrected chi connectivity index (χ3v) is 4.91. The fourth-order valence-corrected chi connectivity index (χ4v) is 3.49. The molecule has 27 heavy (non-hydrogen) atoms. The van der Waals surface area contributed by atoms with Gasteiger partial charge in [0.2, 0.25) is 0 Å². The zero-order valence-electron chi connectivity index (χ0n) is 14.7. The van der Waals surface area contributed by atoms with E-state index >= 15 is 0 Å². The summed E-state index contributed by atoms with van der Waals surface area (Å²) < 4.78 is 12.2. The van der Waals surface area contributed by atoms with Crippen molar-refractivity contribution in [3.8, 4) is 28.0 Å². The minimum absolute atomic E-state index is 0.364. The lowest BCUT2D eigenvalue weighted by Gasteiger charge is -2.13. The third-order valence-electron chi connectivity index (χ3n) is 4.39. The molecular formula is C23H17BrO3. The average molecular weight is 421 g/mol. The molecule has 0 amide bonds. The van der Waals surface area contributed by atoms with Crippen molar-refractivity contribution < 1.29 is 9.15 Å². The summed E-state index contributed by atoms with van der Waals surface area (Å²) in [6, 6.07) is 23.2. The molecule has 4 rings (SSSR count). The van der Waals surface area contributed by atoms with E-state index in [1.54, 1.807) is 6.07 Å². The molecule has 0 bridgehead atoms. The van der Waals surface area contributed by atoms with Crippen LogP contribution in [-0.2, 0) is 0 Å². The van der Waals surface area contributed by atoms with Gasteiger partial charge >= 0.3 is 5.63 Å². The van der Waals surface area contributed by atoms with Crippen LogP contribution in [0.4, 0.5) is 0 Å². The molecule has 1 heterocycles. The van der Waals surface area contributed by atoms with Crippen LogP contribution in [0.1, 0.15) is 6.92 Å². The monoisotopic (exact) mass is 420 g/mol. The molecule has 0 saturated carbocycles. The van der Waals surface area contributed by atoms with Crippen molar-refractivity contribution in [3.63, 3.8) is 0 Å². The maximum absolute atomic E-state index is 13.0.